The third-order valence-electron chi connectivity index (χ3n) is 12.2. The van der Waals surface area contributed by atoms with E-state index in [0.29, 0.717) is 30.8 Å². The van der Waals surface area contributed by atoms with Crippen LogP contribution in [0, 0.1) is 23.7 Å². The van der Waals surface area contributed by atoms with E-state index in [2.05, 4.69) is 86.7 Å². The Morgan fingerprint density at radius 3 is 2.47 bits per heavy atom. The lowest BCUT2D eigenvalue weighted by Gasteiger charge is -2.47. The van der Waals surface area contributed by atoms with Gasteiger partial charge in [-0.1, -0.05) is 98.3 Å². The van der Waals surface area contributed by atoms with E-state index in [9.17, 15) is 20.1 Å². The molecule has 0 radical (unpaired) electrons. The van der Waals surface area contributed by atoms with Crippen LogP contribution in [0.1, 0.15) is 88.0 Å². The smallest absolute Gasteiger partial charge is 0.334 e. The molecule has 0 amide bonds. The second kappa shape index (κ2) is 16.2. The molecule has 9 nitrogen and oxygen atoms in total. The minimum Gasteiger partial charge on any atom is -0.478 e. The van der Waals surface area contributed by atoms with Crippen molar-refractivity contribution in [1.82, 2.24) is 0 Å². The Bertz CT molecular complexity index is 1390. The number of aliphatic hydroxyl groups excluding tert-OH is 1. The number of allylic oxidation sites excluding steroid dienone is 2. The lowest BCUT2D eigenvalue weighted by atomic mass is 9.72. The van der Waals surface area contributed by atoms with Gasteiger partial charge in [0, 0.05) is 37.7 Å². The maximum atomic E-state index is 12.3. The van der Waals surface area contributed by atoms with E-state index in [-0.39, 0.29) is 53.3 Å². The molecule has 3 aliphatic heterocycles. The molecular weight excluding hydrogens is 665 g/mol. The number of aliphatic hydroxyl groups is 2. The van der Waals surface area contributed by atoms with Gasteiger partial charge in [0.1, 0.15) is 11.7 Å². The Labute approximate surface area is 307 Å². The fourth-order valence-corrected chi connectivity index (χ4v) is 9.21. The third kappa shape index (κ3) is 8.91. The molecule has 0 unspecified atom stereocenters. The van der Waals surface area contributed by atoms with Gasteiger partial charge in [0.15, 0.2) is 14.1 Å². The second-order valence-corrected chi connectivity index (χ2v) is 21.9. The first-order chi connectivity index (χ1) is 23.7. The predicted octanol–water partition coefficient (Wildman–Crippen LogP) is 7.51. The molecule has 1 aliphatic carbocycles. The highest BCUT2D eigenvalue weighted by Crippen LogP contribution is 2.46. The molecular formula is C41H66O9Si. The van der Waals surface area contributed by atoms with Gasteiger partial charge in [-0.05, 0) is 54.6 Å². The second-order valence-electron chi connectivity index (χ2n) is 17.2. The summed E-state index contributed by atoms with van der Waals surface area (Å²) in [6.45, 7) is 23.9. The molecule has 4 aliphatic rings. The van der Waals surface area contributed by atoms with Crippen molar-refractivity contribution in [1.29, 1.82) is 0 Å². The van der Waals surface area contributed by atoms with E-state index in [1.165, 1.54) is 0 Å². The lowest BCUT2D eigenvalue weighted by molar-refractivity contribution is -0.298. The zero-order chi connectivity index (χ0) is 38.1. The number of ether oxygens (including phenoxy) is 4. The van der Waals surface area contributed by atoms with Crippen molar-refractivity contribution in [2.45, 2.75) is 154 Å². The first-order valence-corrected chi connectivity index (χ1v) is 21.9. The highest BCUT2D eigenvalue weighted by atomic mass is 28.4. The molecule has 12 atom stereocenters. The first-order valence-electron chi connectivity index (χ1n) is 19.0. The van der Waals surface area contributed by atoms with Gasteiger partial charge in [-0.2, -0.15) is 0 Å². The standard InChI is InChI=1S/C41H66O9Si/c1-13-25(2)34-28(5)19-20-40(49-34)23-31(42)22-32(48-40)18-17-27(4)35(50-51(11,12)39(7,8)9)26(3)15-14-16-30-24-47-37-36(46-10)29(6)21-33(38(43)44)41(30,37)45/h14-17,19-21,25-26,28-29,31-32,34-37,42,45H,13,18,22-24H2,1-12H3,(H,43,44)/b15-14+,27-17+,30-16+/t25-,26-,28-,29-,31-,32+,34+,35-,36+,37+,40+,41+/m0/s1. The van der Waals surface area contributed by atoms with Crippen molar-refractivity contribution in [2.24, 2.45) is 23.7 Å². The van der Waals surface area contributed by atoms with Gasteiger partial charge in [0.25, 0.3) is 0 Å². The summed E-state index contributed by atoms with van der Waals surface area (Å²) in [7, 11) is -0.658. The quantitative estimate of drug-likeness (QED) is 0.138. The number of carboxylic acid groups (broad SMARTS) is 1. The van der Waals surface area contributed by atoms with Gasteiger partial charge in [-0.3, -0.25) is 0 Å². The average Bonchev–Trinajstić information content (AvgIpc) is 3.38. The highest BCUT2D eigenvalue weighted by Gasteiger charge is 2.58. The minimum atomic E-state index is -2.21. The van der Waals surface area contributed by atoms with Crippen molar-refractivity contribution >= 4 is 14.3 Å². The Balaban J connectivity index is 1.58. The number of methoxy groups -OCH3 is 1. The Morgan fingerprint density at radius 1 is 1.18 bits per heavy atom. The van der Waals surface area contributed by atoms with Crippen LogP contribution in [0.4, 0.5) is 0 Å². The van der Waals surface area contributed by atoms with Crippen molar-refractivity contribution in [3.63, 3.8) is 0 Å². The number of hydrogen-bond donors (Lipinski definition) is 3. The maximum absolute atomic E-state index is 12.3. The van der Waals surface area contributed by atoms with Crippen LogP contribution < -0.4 is 0 Å². The molecule has 288 valence electrons. The number of aliphatic carboxylic acids is 1. The Morgan fingerprint density at radius 2 is 1.86 bits per heavy atom. The summed E-state index contributed by atoms with van der Waals surface area (Å²) < 4.78 is 32.0. The molecule has 0 saturated carbocycles. The van der Waals surface area contributed by atoms with E-state index in [0.717, 1.165) is 12.0 Å². The number of hydrogen-bond acceptors (Lipinski definition) is 8. The molecule has 3 heterocycles. The van der Waals surface area contributed by atoms with E-state index in [1.807, 2.05) is 19.1 Å². The van der Waals surface area contributed by atoms with Crippen LogP contribution in [0.5, 0.6) is 0 Å². The van der Waals surface area contributed by atoms with Crippen LogP contribution in [0.3, 0.4) is 0 Å². The van der Waals surface area contributed by atoms with Gasteiger partial charge in [-0.25, -0.2) is 4.79 Å². The Kier molecular flexibility index (Phi) is 13.3. The molecule has 2 fully saturated rings. The van der Waals surface area contributed by atoms with Gasteiger partial charge in [-0.15, -0.1) is 0 Å². The van der Waals surface area contributed by atoms with Crippen LogP contribution in [0.15, 0.2) is 59.3 Å². The van der Waals surface area contributed by atoms with E-state index >= 15 is 0 Å². The van der Waals surface area contributed by atoms with Gasteiger partial charge in [0.05, 0.1) is 42.7 Å². The van der Waals surface area contributed by atoms with Crippen LogP contribution in [-0.4, -0.2) is 91.3 Å². The summed E-state index contributed by atoms with van der Waals surface area (Å²) in [5.74, 6) is -1.72. The third-order valence-corrected chi connectivity index (χ3v) is 16.6. The lowest BCUT2D eigenvalue weighted by Crippen LogP contribution is -2.55. The molecule has 0 aromatic rings. The largest absolute Gasteiger partial charge is 0.478 e. The topological polar surface area (TPSA) is 124 Å². The van der Waals surface area contributed by atoms with E-state index in [4.69, 9.17) is 23.4 Å². The van der Waals surface area contributed by atoms with Crippen LogP contribution in [0.25, 0.3) is 0 Å². The fourth-order valence-electron chi connectivity index (χ4n) is 7.82. The molecule has 4 rings (SSSR count). The summed E-state index contributed by atoms with van der Waals surface area (Å²) >= 11 is 0. The normalized spacial score (nSPS) is 37.5. The van der Waals surface area contributed by atoms with E-state index in [1.54, 1.807) is 19.3 Å². The summed E-state index contributed by atoms with van der Waals surface area (Å²) in [5.41, 5.74) is -0.298. The van der Waals surface area contributed by atoms with Crippen molar-refractivity contribution in [3.8, 4) is 0 Å². The van der Waals surface area contributed by atoms with Crippen molar-refractivity contribution < 1.29 is 43.5 Å². The zero-order valence-corrected chi connectivity index (χ0v) is 34.1. The number of carbonyl (C=O) groups is 1. The van der Waals surface area contributed by atoms with Gasteiger partial charge < -0.3 is 38.7 Å². The highest BCUT2D eigenvalue weighted by molar-refractivity contribution is 6.74. The number of carboxylic acids is 1. The molecule has 0 aromatic carbocycles. The summed E-state index contributed by atoms with van der Waals surface area (Å²) in [4.78, 5) is 12.3. The molecule has 10 heteroatoms. The molecule has 0 aromatic heterocycles. The van der Waals surface area contributed by atoms with Crippen LogP contribution in [0.2, 0.25) is 18.1 Å². The summed E-state index contributed by atoms with van der Waals surface area (Å²) in [6, 6.07) is 0. The predicted molar refractivity (Wildman–Crippen MR) is 203 cm³/mol. The van der Waals surface area contributed by atoms with Crippen LogP contribution >= 0.6 is 0 Å². The monoisotopic (exact) mass is 730 g/mol. The molecule has 51 heavy (non-hydrogen) atoms. The fraction of sp³-hybridized carbons (Fsp3) is 0.732. The number of rotatable bonds is 12. The molecule has 1 spiro atoms. The summed E-state index contributed by atoms with van der Waals surface area (Å²) in [5, 5.41) is 32.9. The zero-order valence-electron chi connectivity index (χ0n) is 33.1. The van der Waals surface area contributed by atoms with Crippen molar-refractivity contribution in [3.05, 3.63) is 59.3 Å². The number of fused-ring (bicyclic) bond motifs is 1. The minimum absolute atomic E-state index is 0.0110. The SMILES string of the molecule is CC[C@H](C)[C@H]1O[C@]2(C=C[C@@H]1C)C[C@@H](O)C[C@@H](C/C=C(\C)[C@@H](O[Si](C)(C)C(C)(C)C)[C@@H](C)/C=C/C=C1\CO[C@@H]3[C@H](OC)[C@@H](C)C=C(C(=O)O)[C@]13O)O2. The Hall–Kier alpha value is -1.89. The average molecular weight is 731 g/mol. The first kappa shape index (κ1) is 41.9. The molecule has 2 saturated heterocycles. The maximum Gasteiger partial charge on any atom is 0.334 e. The van der Waals surface area contributed by atoms with Crippen molar-refractivity contribution in [2.75, 3.05) is 13.7 Å². The molecule has 0 bridgehead atoms. The van der Waals surface area contributed by atoms with Gasteiger partial charge >= 0.3 is 5.97 Å². The van der Waals surface area contributed by atoms with Gasteiger partial charge in [0.2, 0.25) is 0 Å². The van der Waals surface area contributed by atoms with E-state index < -0.39 is 44.0 Å². The molecule has 3 N–H and O–H groups in total. The van der Waals surface area contributed by atoms with Crippen LogP contribution in [-0.2, 0) is 28.2 Å². The summed E-state index contributed by atoms with van der Waals surface area (Å²) in [6.07, 6.45) is 14.0.